The van der Waals surface area contributed by atoms with Crippen LogP contribution in [0.15, 0.2) is 34.5 Å². The molecule has 0 N–H and O–H groups in total. The van der Waals surface area contributed by atoms with E-state index in [0.717, 1.165) is 10.0 Å². The first kappa shape index (κ1) is 14.8. The summed E-state index contributed by atoms with van der Waals surface area (Å²) >= 11 is 3.39. The fraction of sp³-hybridized carbons (Fsp3) is 0.429. The van der Waals surface area contributed by atoms with E-state index in [0.29, 0.717) is 0 Å². The van der Waals surface area contributed by atoms with E-state index in [1.807, 2.05) is 52.0 Å². The molecule has 1 saturated heterocycles. The molecule has 0 saturated carbocycles. The predicted molar refractivity (Wildman–Crippen MR) is 79.3 cm³/mol. The lowest BCUT2D eigenvalue weighted by atomic mass is 9.87. The summed E-state index contributed by atoms with van der Waals surface area (Å²) in [6, 6.07) is 7.43. The molecule has 0 radical (unpaired) electrons. The summed E-state index contributed by atoms with van der Waals surface area (Å²) in [6.45, 7) is 7.61. The number of hydrogen-bond acceptors (Lipinski definition) is 2. The zero-order chi connectivity index (χ0) is 14.3. The van der Waals surface area contributed by atoms with E-state index in [-0.39, 0.29) is 0 Å². The molecule has 1 aromatic rings. The van der Waals surface area contributed by atoms with Gasteiger partial charge in [0, 0.05) is 4.47 Å². The minimum Gasteiger partial charge on any atom is -0.398 e. The van der Waals surface area contributed by atoms with E-state index in [9.17, 15) is 4.39 Å². The van der Waals surface area contributed by atoms with Gasteiger partial charge >= 0.3 is 7.12 Å². The lowest BCUT2D eigenvalue weighted by Gasteiger charge is -2.32. The van der Waals surface area contributed by atoms with E-state index < -0.39 is 24.0 Å². The molecular weight excluding hydrogens is 310 g/mol. The third-order valence-corrected chi connectivity index (χ3v) is 4.40. The van der Waals surface area contributed by atoms with Gasteiger partial charge in [0.25, 0.3) is 0 Å². The minimum absolute atomic E-state index is 0.425. The second kappa shape index (κ2) is 5.04. The highest BCUT2D eigenvalue weighted by Crippen LogP contribution is 2.39. The molecule has 0 aliphatic carbocycles. The van der Waals surface area contributed by atoms with Crippen LogP contribution >= 0.6 is 15.9 Å². The summed E-state index contributed by atoms with van der Waals surface area (Å²) in [5.41, 5.74) is -0.728. The fourth-order valence-electron chi connectivity index (χ4n) is 1.76. The first-order chi connectivity index (χ1) is 8.73. The molecule has 1 aliphatic heterocycles. The Hall–Kier alpha value is -0.645. The van der Waals surface area contributed by atoms with Crippen molar-refractivity contribution in [2.24, 2.45) is 0 Å². The highest BCUT2D eigenvalue weighted by Gasteiger charge is 2.53. The Kier molecular flexibility index (Phi) is 3.91. The maximum atomic E-state index is 14.3. The van der Waals surface area contributed by atoms with E-state index in [2.05, 4.69) is 15.9 Å². The number of benzene rings is 1. The molecule has 0 spiro atoms. The Morgan fingerprint density at radius 2 is 1.68 bits per heavy atom. The molecule has 0 amide bonds. The van der Waals surface area contributed by atoms with Crippen LogP contribution in [-0.2, 0) is 9.31 Å². The molecule has 0 unspecified atom stereocenters. The Balaban J connectivity index is 2.23. The van der Waals surface area contributed by atoms with Crippen LogP contribution in [0.2, 0.25) is 0 Å². The van der Waals surface area contributed by atoms with Gasteiger partial charge in [-0.2, -0.15) is 0 Å². The maximum Gasteiger partial charge on any atom is 0.525 e. The Morgan fingerprint density at radius 1 is 1.16 bits per heavy atom. The average Bonchev–Trinajstić information content (AvgIpc) is 2.51. The van der Waals surface area contributed by atoms with Crippen molar-refractivity contribution >= 4 is 29.1 Å². The van der Waals surface area contributed by atoms with Crippen LogP contribution in [0.3, 0.4) is 0 Å². The summed E-state index contributed by atoms with van der Waals surface area (Å²) in [5, 5.41) is 0. The summed E-state index contributed by atoms with van der Waals surface area (Å²) in [6.07, 6.45) is 1.44. The SMILES string of the molecule is CC1(C)OB(C(F)=Cc2ccccc2Br)OC1(C)C. The number of hydrogen-bond donors (Lipinski definition) is 0. The minimum atomic E-state index is -0.947. The van der Waals surface area contributed by atoms with Gasteiger partial charge in [-0.15, -0.1) is 0 Å². The highest BCUT2D eigenvalue weighted by molar-refractivity contribution is 9.10. The largest absolute Gasteiger partial charge is 0.525 e. The van der Waals surface area contributed by atoms with Gasteiger partial charge in [0.1, 0.15) is 5.73 Å². The molecular formula is C14H17BBrFO2. The van der Waals surface area contributed by atoms with Gasteiger partial charge in [-0.25, -0.2) is 4.39 Å². The van der Waals surface area contributed by atoms with Crippen LogP contribution in [0.5, 0.6) is 0 Å². The number of halogens is 2. The van der Waals surface area contributed by atoms with Crippen molar-refractivity contribution in [1.29, 1.82) is 0 Å². The Morgan fingerprint density at radius 3 is 2.21 bits per heavy atom. The molecule has 0 atom stereocenters. The lowest BCUT2D eigenvalue weighted by Crippen LogP contribution is -2.41. The number of rotatable bonds is 2. The molecule has 1 aliphatic rings. The average molecular weight is 327 g/mol. The predicted octanol–water partition coefficient (Wildman–Crippen LogP) is 4.39. The maximum absolute atomic E-state index is 14.3. The van der Waals surface area contributed by atoms with Crippen molar-refractivity contribution in [2.45, 2.75) is 38.9 Å². The zero-order valence-corrected chi connectivity index (χ0v) is 13.1. The summed E-state index contributed by atoms with van der Waals surface area (Å²) in [5.74, 6) is 0. The van der Waals surface area contributed by atoms with Gasteiger partial charge in [-0.1, -0.05) is 34.1 Å². The molecule has 1 heterocycles. The van der Waals surface area contributed by atoms with Crippen molar-refractivity contribution in [3.8, 4) is 0 Å². The van der Waals surface area contributed by atoms with Gasteiger partial charge in [-0.05, 0) is 45.4 Å². The Labute approximate surface area is 122 Å². The molecule has 1 fully saturated rings. The lowest BCUT2D eigenvalue weighted by molar-refractivity contribution is 0.00578. The quantitative estimate of drug-likeness (QED) is 0.750. The monoisotopic (exact) mass is 326 g/mol. The van der Waals surface area contributed by atoms with E-state index in [1.54, 1.807) is 0 Å². The van der Waals surface area contributed by atoms with Crippen molar-refractivity contribution in [3.05, 3.63) is 40.0 Å². The summed E-state index contributed by atoms with van der Waals surface area (Å²) in [4.78, 5) is 0. The first-order valence-electron chi connectivity index (χ1n) is 6.20. The summed E-state index contributed by atoms with van der Waals surface area (Å²) < 4.78 is 26.4. The van der Waals surface area contributed by atoms with Gasteiger partial charge in [0.05, 0.1) is 11.2 Å². The molecule has 2 nitrogen and oxygen atoms in total. The van der Waals surface area contributed by atoms with Crippen LogP contribution in [0.4, 0.5) is 4.39 Å². The van der Waals surface area contributed by atoms with Gasteiger partial charge in [0.2, 0.25) is 0 Å². The second-order valence-electron chi connectivity index (χ2n) is 5.64. The molecule has 2 rings (SSSR count). The molecule has 19 heavy (non-hydrogen) atoms. The van der Waals surface area contributed by atoms with Crippen molar-refractivity contribution in [3.63, 3.8) is 0 Å². The fourth-order valence-corrected chi connectivity index (χ4v) is 2.16. The Bertz CT molecular complexity index is 498. The van der Waals surface area contributed by atoms with E-state index in [4.69, 9.17) is 9.31 Å². The summed E-state index contributed by atoms with van der Waals surface area (Å²) in [7, 11) is -0.947. The third kappa shape index (κ3) is 2.93. The normalized spacial score (nSPS) is 21.8. The molecule has 1 aromatic carbocycles. The zero-order valence-electron chi connectivity index (χ0n) is 11.5. The van der Waals surface area contributed by atoms with Crippen LogP contribution in [0.25, 0.3) is 6.08 Å². The van der Waals surface area contributed by atoms with E-state index in [1.165, 1.54) is 6.08 Å². The van der Waals surface area contributed by atoms with Gasteiger partial charge < -0.3 is 9.31 Å². The van der Waals surface area contributed by atoms with Crippen molar-refractivity contribution in [1.82, 2.24) is 0 Å². The standard InChI is InChI=1S/C14H17BBrFO2/c1-13(2)14(3,4)19-15(18-13)12(17)9-10-7-5-6-8-11(10)16/h5-9H,1-4H3. The van der Waals surface area contributed by atoms with E-state index >= 15 is 0 Å². The molecule has 5 heteroatoms. The first-order valence-corrected chi connectivity index (χ1v) is 6.99. The van der Waals surface area contributed by atoms with Crippen LogP contribution in [0, 0.1) is 0 Å². The smallest absolute Gasteiger partial charge is 0.398 e. The highest BCUT2D eigenvalue weighted by atomic mass is 79.9. The van der Waals surface area contributed by atoms with Crippen LogP contribution in [0.1, 0.15) is 33.3 Å². The molecule has 0 bridgehead atoms. The van der Waals surface area contributed by atoms with Gasteiger partial charge in [-0.3, -0.25) is 0 Å². The van der Waals surface area contributed by atoms with Crippen molar-refractivity contribution in [2.75, 3.05) is 0 Å². The van der Waals surface area contributed by atoms with Crippen LogP contribution in [-0.4, -0.2) is 18.3 Å². The van der Waals surface area contributed by atoms with Gasteiger partial charge in [0.15, 0.2) is 0 Å². The topological polar surface area (TPSA) is 18.5 Å². The second-order valence-corrected chi connectivity index (χ2v) is 6.49. The van der Waals surface area contributed by atoms with Crippen molar-refractivity contribution < 1.29 is 13.7 Å². The molecule has 0 aromatic heterocycles. The van der Waals surface area contributed by atoms with Crippen LogP contribution < -0.4 is 0 Å². The third-order valence-electron chi connectivity index (χ3n) is 3.68. The molecule has 102 valence electrons.